The summed E-state index contributed by atoms with van der Waals surface area (Å²) in [7, 11) is 0. The molecule has 0 aromatic rings. The van der Waals surface area contributed by atoms with E-state index in [4.69, 9.17) is 4.74 Å². The van der Waals surface area contributed by atoms with Gasteiger partial charge in [0.1, 0.15) is 0 Å². The molecule has 0 aromatic heterocycles. The molecule has 2 atom stereocenters. The highest BCUT2D eigenvalue weighted by molar-refractivity contribution is 5.32. The van der Waals surface area contributed by atoms with Crippen LogP contribution < -0.4 is 5.32 Å². The summed E-state index contributed by atoms with van der Waals surface area (Å²) in [5, 5.41) is 3.39. The molecule has 0 bridgehead atoms. The Balaban J connectivity index is 1.86. The van der Waals surface area contributed by atoms with Gasteiger partial charge in [-0.25, -0.2) is 0 Å². The lowest BCUT2D eigenvalue weighted by Crippen LogP contribution is -2.67. The fourth-order valence-electron chi connectivity index (χ4n) is 2.20. The summed E-state index contributed by atoms with van der Waals surface area (Å²) in [4.78, 5) is 2.41. The van der Waals surface area contributed by atoms with Crippen molar-refractivity contribution in [2.45, 2.75) is 12.3 Å². The first kappa shape index (κ1) is 6.69. The van der Waals surface area contributed by atoms with Gasteiger partial charge in [0.05, 0.1) is 12.3 Å². The summed E-state index contributed by atoms with van der Waals surface area (Å²) < 4.78 is 5.50. The van der Waals surface area contributed by atoms with E-state index in [0.717, 1.165) is 19.6 Å². The summed E-state index contributed by atoms with van der Waals surface area (Å²) >= 11 is 0. The maximum Gasteiger partial charge on any atom is 0.176 e. The van der Waals surface area contributed by atoms with Gasteiger partial charge in [-0.1, -0.05) is 6.08 Å². The molecule has 3 heteroatoms. The molecule has 3 aliphatic rings. The monoisotopic (exact) mass is 164 g/mol. The van der Waals surface area contributed by atoms with Crippen molar-refractivity contribution >= 4 is 0 Å². The molecular formula is C9H12N2O. The smallest absolute Gasteiger partial charge is 0.176 e. The molecule has 2 saturated heterocycles. The minimum atomic E-state index is 0.266. The van der Waals surface area contributed by atoms with E-state index in [0.29, 0.717) is 6.04 Å². The predicted octanol–water partition coefficient (Wildman–Crippen LogP) is 0.0702. The van der Waals surface area contributed by atoms with E-state index in [-0.39, 0.29) is 6.23 Å². The van der Waals surface area contributed by atoms with Crippen LogP contribution in [0.1, 0.15) is 0 Å². The van der Waals surface area contributed by atoms with Crippen molar-refractivity contribution in [3.05, 3.63) is 24.0 Å². The molecule has 0 saturated carbocycles. The molecule has 3 aliphatic heterocycles. The second-order valence-corrected chi connectivity index (χ2v) is 3.44. The lowest BCUT2D eigenvalue weighted by atomic mass is 9.90. The largest absolute Gasteiger partial charge is 0.479 e. The van der Waals surface area contributed by atoms with Gasteiger partial charge in [0.2, 0.25) is 0 Å². The van der Waals surface area contributed by atoms with Crippen molar-refractivity contribution in [2.75, 3.05) is 19.6 Å². The minimum Gasteiger partial charge on any atom is -0.479 e. The number of fused-ring (bicyclic) bond motifs is 4. The van der Waals surface area contributed by atoms with E-state index in [1.54, 1.807) is 6.26 Å². The molecule has 0 aromatic carbocycles. The van der Waals surface area contributed by atoms with E-state index in [2.05, 4.69) is 16.3 Å². The Bertz CT molecular complexity index is 259. The Kier molecular flexibility index (Phi) is 1.31. The lowest BCUT2D eigenvalue weighted by Gasteiger charge is -2.53. The molecule has 0 spiro atoms. The molecule has 2 unspecified atom stereocenters. The lowest BCUT2D eigenvalue weighted by molar-refractivity contribution is -0.0788. The molecule has 0 amide bonds. The SMILES string of the molecule is C1=COC2C(=C1)C1CNCCN12. The molecule has 12 heavy (non-hydrogen) atoms. The molecule has 64 valence electrons. The number of nitrogens with one attached hydrogen (secondary N) is 1. The van der Waals surface area contributed by atoms with Crippen molar-refractivity contribution in [2.24, 2.45) is 0 Å². The number of nitrogens with zero attached hydrogens (tertiary/aromatic N) is 1. The molecular weight excluding hydrogens is 152 g/mol. The van der Waals surface area contributed by atoms with Gasteiger partial charge in [0.15, 0.2) is 6.23 Å². The maximum atomic E-state index is 5.50. The quantitative estimate of drug-likeness (QED) is 0.548. The molecule has 1 N–H and O–H groups in total. The Morgan fingerprint density at radius 1 is 1.58 bits per heavy atom. The number of hydrogen-bond donors (Lipinski definition) is 1. The third-order valence-corrected chi connectivity index (χ3v) is 2.83. The summed E-state index contributed by atoms with van der Waals surface area (Å²) in [5.74, 6) is 0. The molecule has 3 rings (SSSR count). The standard InChI is InChI=1S/C9H12N2O/c1-2-7-8-6-10-3-4-11(8)9(7)12-5-1/h1-2,5,8-10H,3-4,6H2. The summed E-state index contributed by atoms with van der Waals surface area (Å²) in [6.07, 6.45) is 6.22. The average molecular weight is 164 g/mol. The van der Waals surface area contributed by atoms with Gasteiger partial charge in [-0.05, 0) is 6.08 Å². The summed E-state index contributed by atoms with van der Waals surface area (Å²) in [5.41, 5.74) is 1.43. The second-order valence-electron chi connectivity index (χ2n) is 3.44. The Labute approximate surface area is 71.7 Å². The predicted molar refractivity (Wildman–Crippen MR) is 45.5 cm³/mol. The fourth-order valence-corrected chi connectivity index (χ4v) is 2.20. The van der Waals surface area contributed by atoms with Gasteiger partial charge >= 0.3 is 0 Å². The molecule has 3 heterocycles. The Hall–Kier alpha value is -0.800. The summed E-state index contributed by atoms with van der Waals surface area (Å²) in [6.45, 7) is 3.29. The van der Waals surface area contributed by atoms with Crippen LogP contribution in [0.5, 0.6) is 0 Å². The van der Waals surface area contributed by atoms with Crippen molar-refractivity contribution in [3.8, 4) is 0 Å². The van der Waals surface area contributed by atoms with Gasteiger partial charge in [0, 0.05) is 25.2 Å². The van der Waals surface area contributed by atoms with Crippen molar-refractivity contribution < 1.29 is 4.74 Å². The normalized spacial score (nSPS) is 38.8. The van der Waals surface area contributed by atoms with E-state index >= 15 is 0 Å². The van der Waals surface area contributed by atoms with Crippen LogP contribution in [0.15, 0.2) is 24.0 Å². The third-order valence-electron chi connectivity index (χ3n) is 2.83. The third kappa shape index (κ3) is 0.726. The molecule has 3 nitrogen and oxygen atoms in total. The van der Waals surface area contributed by atoms with E-state index < -0.39 is 0 Å². The van der Waals surface area contributed by atoms with Gasteiger partial charge < -0.3 is 10.1 Å². The van der Waals surface area contributed by atoms with Crippen LogP contribution in [0, 0.1) is 0 Å². The van der Waals surface area contributed by atoms with Crippen LogP contribution >= 0.6 is 0 Å². The van der Waals surface area contributed by atoms with Crippen LogP contribution in [0.3, 0.4) is 0 Å². The first-order valence-corrected chi connectivity index (χ1v) is 4.45. The highest BCUT2D eigenvalue weighted by Crippen LogP contribution is 2.35. The van der Waals surface area contributed by atoms with Crippen LogP contribution in [-0.2, 0) is 4.74 Å². The van der Waals surface area contributed by atoms with Crippen molar-refractivity contribution in [3.63, 3.8) is 0 Å². The van der Waals surface area contributed by atoms with E-state index in [9.17, 15) is 0 Å². The topological polar surface area (TPSA) is 24.5 Å². The van der Waals surface area contributed by atoms with Crippen LogP contribution in [-0.4, -0.2) is 36.8 Å². The minimum absolute atomic E-state index is 0.266. The number of allylic oxidation sites excluding steroid dienone is 2. The van der Waals surface area contributed by atoms with Gasteiger partial charge in [-0.3, -0.25) is 4.90 Å². The second kappa shape index (κ2) is 2.34. The number of rotatable bonds is 0. The molecule has 0 aliphatic carbocycles. The van der Waals surface area contributed by atoms with Gasteiger partial charge in [0.25, 0.3) is 0 Å². The van der Waals surface area contributed by atoms with Crippen molar-refractivity contribution in [1.82, 2.24) is 10.2 Å². The average Bonchev–Trinajstić information content (AvgIpc) is 2.14. The van der Waals surface area contributed by atoms with Crippen molar-refractivity contribution in [1.29, 1.82) is 0 Å². The molecule has 2 fully saturated rings. The van der Waals surface area contributed by atoms with Gasteiger partial charge in [-0.15, -0.1) is 0 Å². The maximum absolute atomic E-state index is 5.50. The fraction of sp³-hybridized carbons (Fsp3) is 0.556. The van der Waals surface area contributed by atoms with Crippen LogP contribution in [0.25, 0.3) is 0 Å². The highest BCUT2D eigenvalue weighted by Gasteiger charge is 2.45. The van der Waals surface area contributed by atoms with E-state index in [1.165, 1.54) is 5.57 Å². The first-order valence-electron chi connectivity index (χ1n) is 4.45. The van der Waals surface area contributed by atoms with Gasteiger partial charge in [-0.2, -0.15) is 0 Å². The molecule has 0 radical (unpaired) electrons. The zero-order valence-electron chi connectivity index (χ0n) is 6.86. The number of ether oxygens (including phenoxy) is 1. The Morgan fingerprint density at radius 2 is 2.58 bits per heavy atom. The zero-order chi connectivity index (χ0) is 7.97. The van der Waals surface area contributed by atoms with Crippen LogP contribution in [0.2, 0.25) is 0 Å². The Morgan fingerprint density at radius 3 is 3.58 bits per heavy atom. The number of hydrogen-bond acceptors (Lipinski definition) is 3. The number of piperazine rings is 1. The first-order chi connectivity index (χ1) is 5.97. The zero-order valence-corrected chi connectivity index (χ0v) is 6.86. The highest BCUT2D eigenvalue weighted by atomic mass is 16.5. The summed E-state index contributed by atoms with van der Waals surface area (Å²) in [6, 6.07) is 0.605. The van der Waals surface area contributed by atoms with Crippen LogP contribution in [0.4, 0.5) is 0 Å². The van der Waals surface area contributed by atoms with E-state index in [1.807, 2.05) is 6.08 Å².